The van der Waals surface area contributed by atoms with Gasteiger partial charge < -0.3 is 25.6 Å². The van der Waals surface area contributed by atoms with E-state index in [2.05, 4.69) is 20.9 Å². The van der Waals surface area contributed by atoms with Crippen LogP contribution in [0.3, 0.4) is 0 Å². The molecule has 2 aliphatic heterocycles. The fraction of sp³-hybridized carbons (Fsp3) is 0.571. The fourth-order valence-electron chi connectivity index (χ4n) is 3.92. The number of likely N-dealkylation sites (tertiary alicyclic amines) is 1. The number of ether oxygens (including phenoxy) is 1. The minimum atomic E-state index is -0.683. The third-order valence-electron chi connectivity index (χ3n) is 5.58. The summed E-state index contributed by atoms with van der Waals surface area (Å²) in [5.41, 5.74) is 1.14. The number of rotatable bonds is 5. The molecule has 8 nitrogen and oxygen atoms in total. The Bertz CT molecular complexity index is 708. The summed E-state index contributed by atoms with van der Waals surface area (Å²) >= 11 is 0. The normalized spacial score (nSPS) is 18.8. The molecular weight excluding hydrogens is 372 g/mol. The number of anilines is 2. The molecule has 29 heavy (non-hydrogen) atoms. The largest absolute Gasteiger partial charge is 0.381 e. The van der Waals surface area contributed by atoms with E-state index in [1.165, 1.54) is 6.92 Å². The van der Waals surface area contributed by atoms with Gasteiger partial charge in [-0.15, -0.1) is 0 Å². The van der Waals surface area contributed by atoms with Crippen LogP contribution in [0.2, 0.25) is 0 Å². The fourth-order valence-corrected chi connectivity index (χ4v) is 3.92. The monoisotopic (exact) mass is 402 g/mol. The van der Waals surface area contributed by atoms with Crippen LogP contribution < -0.4 is 16.0 Å². The van der Waals surface area contributed by atoms with Crippen molar-refractivity contribution in [3.63, 3.8) is 0 Å². The maximum Gasteiger partial charge on any atom is 0.313 e. The summed E-state index contributed by atoms with van der Waals surface area (Å²) in [5.74, 6) is -1.07. The SMILES string of the molecule is CC(=O)Nc1ccc(NC(=O)C(=O)NCC2CCN(C3CCOCC3)CC2)cc1. The molecular formula is C21H30N4O4. The number of hydrogen-bond donors (Lipinski definition) is 3. The van der Waals surface area contributed by atoms with Gasteiger partial charge in [0.25, 0.3) is 0 Å². The van der Waals surface area contributed by atoms with Gasteiger partial charge in [-0.25, -0.2) is 0 Å². The Morgan fingerprint density at radius 3 is 2.10 bits per heavy atom. The molecule has 2 saturated heterocycles. The first kappa shape index (κ1) is 21.3. The van der Waals surface area contributed by atoms with Crippen molar-refractivity contribution in [2.24, 2.45) is 5.92 Å². The van der Waals surface area contributed by atoms with E-state index in [0.717, 1.165) is 52.0 Å². The number of benzene rings is 1. The Morgan fingerprint density at radius 1 is 0.931 bits per heavy atom. The van der Waals surface area contributed by atoms with E-state index in [1.54, 1.807) is 24.3 Å². The lowest BCUT2D eigenvalue weighted by Crippen LogP contribution is -2.46. The molecule has 0 saturated carbocycles. The van der Waals surface area contributed by atoms with Gasteiger partial charge in [-0.05, 0) is 69.0 Å². The predicted molar refractivity (Wildman–Crippen MR) is 111 cm³/mol. The molecule has 1 aromatic rings. The Labute approximate surface area is 171 Å². The van der Waals surface area contributed by atoms with Crippen molar-refractivity contribution in [3.05, 3.63) is 24.3 Å². The van der Waals surface area contributed by atoms with Crippen LogP contribution in [0.5, 0.6) is 0 Å². The molecule has 8 heteroatoms. The average Bonchev–Trinajstić information content (AvgIpc) is 2.74. The van der Waals surface area contributed by atoms with Gasteiger partial charge in [0.05, 0.1) is 0 Å². The molecule has 0 bridgehead atoms. The highest BCUT2D eigenvalue weighted by atomic mass is 16.5. The summed E-state index contributed by atoms with van der Waals surface area (Å²) in [5, 5.41) is 7.98. The summed E-state index contributed by atoms with van der Waals surface area (Å²) in [4.78, 5) is 37.8. The smallest absolute Gasteiger partial charge is 0.313 e. The van der Waals surface area contributed by atoms with E-state index in [-0.39, 0.29) is 5.91 Å². The molecule has 2 fully saturated rings. The number of piperidine rings is 1. The minimum absolute atomic E-state index is 0.167. The van der Waals surface area contributed by atoms with E-state index >= 15 is 0 Å². The molecule has 0 unspecified atom stereocenters. The van der Waals surface area contributed by atoms with Gasteiger partial charge in [-0.2, -0.15) is 0 Å². The third-order valence-corrected chi connectivity index (χ3v) is 5.58. The lowest BCUT2D eigenvalue weighted by atomic mass is 9.94. The second-order valence-electron chi connectivity index (χ2n) is 7.75. The number of carbonyl (C=O) groups excluding carboxylic acids is 3. The second-order valence-corrected chi connectivity index (χ2v) is 7.75. The Balaban J connectivity index is 1.37. The number of hydrogen-bond acceptors (Lipinski definition) is 5. The van der Waals surface area contributed by atoms with Gasteiger partial charge >= 0.3 is 11.8 Å². The van der Waals surface area contributed by atoms with Gasteiger partial charge in [-0.1, -0.05) is 0 Å². The van der Waals surface area contributed by atoms with Crippen molar-refractivity contribution in [2.75, 3.05) is 43.5 Å². The van der Waals surface area contributed by atoms with Crippen LogP contribution in [-0.4, -0.2) is 61.5 Å². The van der Waals surface area contributed by atoms with Crippen LogP contribution >= 0.6 is 0 Å². The highest BCUT2D eigenvalue weighted by Gasteiger charge is 2.27. The number of carbonyl (C=O) groups is 3. The average molecular weight is 402 g/mol. The first-order chi connectivity index (χ1) is 14.0. The van der Waals surface area contributed by atoms with E-state index in [0.29, 0.717) is 29.9 Å². The molecule has 2 heterocycles. The maximum atomic E-state index is 12.1. The number of amides is 3. The zero-order valence-electron chi connectivity index (χ0n) is 16.9. The van der Waals surface area contributed by atoms with Gasteiger partial charge in [0.1, 0.15) is 0 Å². The topological polar surface area (TPSA) is 99.8 Å². The summed E-state index contributed by atoms with van der Waals surface area (Å²) in [7, 11) is 0. The summed E-state index contributed by atoms with van der Waals surface area (Å²) in [6.07, 6.45) is 4.27. The van der Waals surface area contributed by atoms with Crippen LogP contribution in [0, 0.1) is 5.92 Å². The Morgan fingerprint density at radius 2 is 1.52 bits per heavy atom. The molecule has 0 radical (unpaired) electrons. The highest BCUT2D eigenvalue weighted by molar-refractivity contribution is 6.39. The first-order valence-electron chi connectivity index (χ1n) is 10.3. The molecule has 3 rings (SSSR count). The van der Waals surface area contributed by atoms with E-state index < -0.39 is 11.8 Å². The zero-order chi connectivity index (χ0) is 20.6. The quantitative estimate of drug-likeness (QED) is 0.650. The van der Waals surface area contributed by atoms with Crippen LogP contribution in [-0.2, 0) is 19.1 Å². The van der Waals surface area contributed by atoms with Crippen molar-refractivity contribution in [2.45, 2.75) is 38.6 Å². The summed E-state index contributed by atoms with van der Waals surface area (Å²) < 4.78 is 5.43. The molecule has 0 aromatic heterocycles. The van der Waals surface area contributed by atoms with E-state index in [4.69, 9.17) is 4.74 Å². The number of nitrogens with zero attached hydrogens (tertiary/aromatic N) is 1. The number of nitrogens with one attached hydrogen (secondary N) is 3. The first-order valence-corrected chi connectivity index (χ1v) is 10.3. The van der Waals surface area contributed by atoms with Gasteiger partial charge in [-0.3, -0.25) is 14.4 Å². The maximum absolute atomic E-state index is 12.1. The summed E-state index contributed by atoms with van der Waals surface area (Å²) in [6.45, 7) is 5.73. The molecule has 0 atom stereocenters. The van der Waals surface area contributed by atoms with Crippen molar-refractivity contribution < 1.29 is 19.1 Å². The Hall–Kier alpha value is -2.45. The van der Waals surface area contributed by atoms with Crippen molar-refractivity contribution >= 4 is 29.1 Å². The van der Waals surface area contributed by atoms with Crippen molar-refractivity contribution in [1.82, 2.24) is 10.2 Å². The molecule has 3 N–H and O–H groups in total. The molecule has 0 aliphatic carbocycles. The van der Waals surface area contributed by atoms with Crippen LogP contribution in [0.4, 0.5) is 11.4 Å². The third kappa shape index (κ3) is 6.54. The standard InChI is InChI=1S/C21H30N4O4/c1-15(26)23-17-2-4-18(5-3-17)24-21(28)20(27)22-14-16-6-10-25(11-7-16)19-8-12-29-13-9-19/h2-5,16,19H,6-14H2,1H3,(H,22,27)(H,23,26)(H,24,28). The molecule has 3 amide bonds. The predicted octanol–water partition coefficient (Wildman–Crippen LogP) is 1.59. The minimum Gasteiger partial charge on any atom is -0.381 e. The Kier molecular flexibility index (Phi) is 7.60. The second kappa shape index (κ2) is 10.4. The van der Waals surface area contributed by atoms with Crippen molar-refractivity contribution in [3.8, 4) is 0 Å². The zero-order valence-corrected chi connectivity index (χ0v) is 16.9. The van der Waals surface area contributed by atoms with Crippen LogP contribution in [0.1, 0.15) is 32.6 Å². The van der Waals surface area contributed by atoms with Crippen LogP contribution in [0.25, 0.3) is 0 Å². The molecule has 158 valence electrons. The molecule has 2 aliphatic rings. The van der Waals surface area contributed by atoms with E-state index in [9.17, 15) is 14.4 Å². The van der Waals surface area contributed by atoms with Gasteiger partial charge in [0.15, 0.2) is 0 Å². The van der Waals surface area contributed by atoms with Gasteiger partial charge in [0.2, 0.25) is 5.91 Å². The van der Waals surface area contributed by atoms with Crippen molar-refractivity contribution in [1.29, 1.82) is 0 Å². The molecule has 1 aromatic carbocycles. The van der Waals surface area contributed by atoms with Crippen LogP contribution in [0.15, 0.2) is 24.3 Å². The van der Waals surface area contributed by atoms with E-state index in [1.807, 2.05) is 0 Å². The lowest BCUT2D eigenvalue weighted by molar-refractivity contribution is -0.136. The molecule has 0 spiro atoms. The van der Waals surface area contributed by atoms with Gasteiger partial charge in [0, 0.05) is 44.1 Å². The highest BCUT2D eigenvalue weighted by Crippen LogP contribution is 2.22. The summed E-state index contributed by atoms with van der Waals surface area (Å²) in [6, 6.07) is 7.25. The lowest BCUT2D eigenvalue weighted by Gasteiger charge is -2.39.